The van der Waals surface area contributed by atoms with Crippen LogP contribution in [0.1, 0.15) is 40.2 Å². The molecule has 0 N–H and O–H groups in total. The van der Waals surface area contributed by atoms with Crippen molar-refractivity contribution >= 4 is 27.5 Å². The van der Waals surface area contributed by atoms with E-state index in [-0.39, 0.29) is 5.41 Å². The van der Waals surface area contributed by atoms with E-state index in [1.54, 1.807) is 0 Å². The Morgan fingerprint density at radius 2 is 1.78 bits per heavy atom. The summed E-state index contributed by atoms with van der Waals surface area (Å²) in [7, 11) is 11.0. The van der Waals surface area contributed by atoms with Crippen molar-refractivity contribution < 1.29 is 4.74 Å². The highest BCUT2D eigenvalue weighted by Crippen LogP contribution is 2.35. The molecular weight excluding hydrogens is 238 g/mol. The molecule has 0 aliphatic carbocycles. The van der Waals surface area contributed by atoms with Crippen LogP contribution in [0.4, 0.5) is 0 Å². The Kier molecular flexibility index (Phi) is 5.27. The van der Waals surface area contributed by atoms with Gasteiger partial charge < -0.3 is 4.74 Å². The molecule has 0 saturated carbocycles. The fraction of sp³-hybridized carbons (Fsp3) is 0.571. The maximum absolute atomic E-state index is 5.51. The minimum Gasteiger partial charge on any atom is -0.510 e. The van der Waals surface area contributed by atoms with Crippen molar-refractivity contribution in [1.29, 1.82) is 0 Å². The van der Waals surface area contributed by atoms with E-state index in [2.05, 4.69) is 46.8 Å². The van der Waals surface area contributed by atoms with Crippen molar-refractivity contribution in [3.63, 3.8) is 0 Å². The third-order valence-corrected chi connectivity index (χ3v) is 3.39. The number of hydrogen-bond acceptors (Lipinski definition) is 2. The molecule has 0 aliphatic heterocycles. The molecule has 4 heteroatoms. The molecule has 0 bridgehead atoms. The summed E-state index contributed by atoms with van der Waals surface area (Å²) >= 11 is 1.84. The fourth-order valence-corrected chi connectivity index (χ4v) is 2.57. The Morgan fingerprint density at radius 1 is 1.17 bits per heavy atom. The Labute approximate surface area is 118 Å². The van der Waals surface area contributed by atoms with Crippen molar-refractivity contribution in [3.05, 3.63) is 23.8 Å². The second-order valence-corrected chi connectivity index (χ2v) is 7.31. The van der Waals surface area contributed by atoms with Crippen LogP contribution in [0.2, 0.25) is 0 Å². The van der Waals surface area contributed by atoms with Crippen molar-refractivity contribution in [2.45, 2.75) is 56.1 Å². The monoisotopic (exact) mass is 258 g/mol. The van der Waals surface area contributed by atoms with Gasteiger partial charge in [0, 0.05) is 21.6 Å². The summed E-state index contributed by atoms with van der Waals surface area (Å²) in [5.74, 6) is -0.0136. The van der Waals surface area contributed by atoms with E-state index in [9.17, 15) is 0 Å². The first kappa shape index (κ1) is 15.6. The average Bonchev–Trinajstić information content (AvgIpc) is 2.17. The zero-order valence-corrected chi connectivity index (χ0v) is 12.7. The van der Waals surface area contributed by atoms with Crippen LogP contribution in [0, 0.1) is 0 Å². The van der Waals surface area contributed by atoms with Gasteiger partial charge in [-0.3, -0.25) is 0 Å². The Bertz CT molecular complexity index is 397. The lowest BCUT2D eigenvalue weighted by Crippen LogP contribution is -2.20. The Morgan fingerprint density at radius 3 is 2.22 bits per heavy atom. The molecule has 0 atom stereocenters. The highest BCUT2D eigenvalue weighted by molar-refractivity contribution is 7.99. The molecule has 1 rings (SSSR count). The van der Waals surface area contributed by atoms with Gasteiger partial charge in [0.05, 0.1) is 0 Å². The van der Waals surface area contributed by atoms with Gasteiger partial charge in [-0.1, -0.05) is 34.6 Å². The Hall–Kier alpha value is -0.500. The molecular formula is C14H20B2OS. The second kappa shape index (κ2) is 6.10. The molecule has 1 nitrogen and oxygen atoms in total. The molecule has 1 aromatic rings. The van der Waals surface area contributed by atoms with Crippen molar-refractivity contribution in [2.75, 3.05) is 0 Å². The molecule has 1 aromatic carbocycles. The second-order valence-electron chi connectivity index (χ2n) is 5.66. The summed E-state index contributed by atoms with van der Waals surface area (Å²) < 4.78 is 5.48. The highest BCUT2D eigenvalue weighted by atomic mass is 32.2. The van der Waals surface area contributed by atoms with Crippen molar-refractivity contribution in [3.8, 4) is 5.75 Å². The van der Waals surface area contributed by atoms with Crippen LogP contribution in [0.25, 0.3) is 0 Å². The first-order chi connectivity index (χ1) is 8.20. The molecule has 0 fully saturated rings. The summed E-state index contributed by atoms with van der Waals surface area (Å²) in [6.07, 6.45) is 0. The predicted octanol–water partition coefficient (Wildman–Crippen LogP) is 3.48. The number of benzene rings is 1. The van der Waals surface area contributed by atoms with Gasteiger partial charge in [-0.25, -0.2) is 0 Å². The summed E-state index contributed by atoms with van der Waals surface area (Å²) in [5.41, 5.74) is 1.13. The van der Waals surface area contributed by atoms with Crippen LogP contribution in [-0.2, 0) is 5.41 Å². The van der Waals surface area contributed by atoms with Gasteiger partial charge in [0.1, 0.15) is 21.4 Å². The lowest BCUT2D eigenvalue weighted by molar-refractivity contribution is 0.341. The number of ether oxygens (including phenoxy) is 1. The van der Waals surface area contributed by atoms with Crippen LogP contribution in [0.3, 0.4) is 0 Å². The van der Waals surface area contributed by atoms with Crippen molar-refractivity contribution in [1.82, 2.24) is 0 Å². The van der Waals surface area contributed by atoms with E-state index in [0.29, 0.717) is 5.25 Å². The van der Waals surface area contributed by atoms with Crippen LogP contribution >= 0.6 is 11.8 Å². The smallest absolute Gasteiger partial charge is 0.121 e. The van der Waals surface area contributed by atoms with Gasteiger partial charge in [-0.2, -0.15) is 0 Å². The zero-order chi connectivity index (χ0) is 13.9. The maximum atomic E-state index is 5.51. The molecule has 0 aliphatic rings. The van der Waals surface area contributed by atoms with Gasteiger partial charge in [0.2, 0.25) is 0 Å². The van der Waals surface area contributed by atoms with E-state index in [4.69, 9.17) is 20.4 Å². The third kappa shape index (κ3) is 4.64. The summed E-state index contributed by atoms with van der Waals surface area (Å²) in [5, 5.41) is 0.557. The van der Waals surface area contributed by atoms with E-state index in [0.717, 1.165) is 11.3 Å². The van der Waals surface area contributed by atoms with E-state index in [1.807, 2.05) is 17.8 Å². The third-order valence-electron chi connectivity index (χ3n) is 2.39. The van der Waals surface area contributed by atoms with Crippen LogP contribution in [0.5, 0.6) is 5.75 Å². The van der Waals surface area contributed by atoms with Crippen LogP contribution < -0.4 is 4.74 Å². The standard InChI is InChI=1S/C14H20B2OS/c1-9(2)18-10-6-7-12(17-13(15)16)11(8-10)14(3,4)5/h6-9,13H,1-5H3. The van der Waals surface area contributed by atoms with Gasteiger partial charge >= 0.3 is 0 Å². The van der Waals surface area contributed by atoms with E-state index < -0.39 is 5.90 Å². The van der Waals surface area contributed by atoms with Gasteiger partial charge in [0.25, 0.3) is 0 Å². The van der Waals surface area contributed by atoms with Gasteiger partial charge in [0.15, 0.2) is 0 Å². The van der Waals surface area contributed by atoms with Crippen LogP contribution in [0.15, 0.2) is 23.1 Å². The average molecular weight is 258 g/mol. The molecule has 0 spiro atoms. The molecule has 18 heavy (non-hydrogen) atoms. The normalized spacial score (nSPS) is 12.2. The predicted molar refractivity (Wildman–Crippen MR) is 82.1 cm³/mol. The van der Waals surface area contributed by atoms with Crippen LogP contribution in [-0.4, -0.2) is 26.8 Å². The molecule has 0 saturated heterocycles. The van der Waals surface area contributed by atoms with E-state index in [1.165, 1.54) is 4.90 Å². The Balaban J connectivity index is 3.12. The summed E-state index contributed by atoms with van der Waals surface area (Å²) in [6.45, 7) is 10.8. The molecule has 0 amide bonds. The van der Waals surface area contributed by atoms with Gasteiger partial charge in [-0.05, 0) is 23.6 Å². The maximum Gasteiger partial charge on any atom is 0.121 e. The minimum absolute atomic E-state index is 0.00221. The lowest BCUT2D eigenvalue weighted by atomic mass is 9.81. The first-order valence-corrected chi connectivity index (χ1v) is 7.07. The number of rotatable bonds is 4. The zero-order valence-electron chi connectivity index (χ0n) is 11.9. The van der Waals surface area contributed by atoms with Gasteiger partial charge in [-0.15, -0.1) is 11.8 Å². The lowest BCUT2D eigenvalue weighted by Gasteiger charge is -2.25. The number of hydrogen-bond donors (Lipinski definition) is 0. The molecule has 0 heterocycles. The summed E-state index contributed by atoms with van der Waals surface area (Å²) in [6, 6.07) is 6.18. The largest absolute Gasteiger partial charge is 0.510 e. The molecule has 4 radical (unpaired) electrons. The minimum atomic E-state index is -0.783. The quantitative estimate of drug-likeness (QED) is 0.604. The topological polar surface area (TPSA) is 9.23 Å². The fourth-order valence-electron chi connectivity index (χ4n) is 1.69. The summed E-state index contributed by atoms with van der Waals surface area (Å²) in [4.78, 5) is 1.24. The molecule has 94 valence electrons. The number of thioether (sulfide) groups is 1. The first-order valence-electron chi connectivity index (χ1n) is 6.19. The SMILES string of the molecule is [B]C([B])Oc1ccc(SC(C)C)cc1C(C)(C)C. The molecule has 0 unspecified atom stereocenters. The van der Waals surface area contributed by atoms with E-state index >= 15 is 0 Å². The highest BCUT2D eigenvalue weighted by Gasteiger charge is 2.20. The molecule has 0 aromatic heterocycles. The van der Waals surface area contributed by atoms with Crippen molar-refractivity contribution in [2.24, 2.45) is 0 Å².